The fraction of sp³-hybridized carbons (Fsp3) is 0.292. The summed E-state index contributed by atoms with van der Waals surface area (Å²) in [5.74, 6) is 1.38. The molecule has 1 aromatic heterocycles. The number of aryl methyl sites for hydroxylation is 1. The lowest BCUT2D eigenvalue weighted by Gasteiger charge is -2.32. The van der Waals surface area contributed by atoms with Gasteiger partial charge in [0.15, 0.2) is 5.82 Å². The molecule has 1 aliphatic rings. The minimum Gasteiger partial charge on any atom is -0.495 e. The normalized spacial score (nSPS) is 16.2. The molecule has 154 valence electrons. The first-order valence-corrected chi connectivity index (χ1v) is 10.2. The number of methoxy groups -OCH3 is 1. The molecule has 0 spiro atoms. The minimum absolute atomic E-state index is 0.0115. The number of aromatic nitrogens is 2. The summed E-state index contributed by atoms with van der Waals surface area (Å²) in [6.45, 7) is 3.49. The van der Waals surface area contributed by atoms with E-state index in [1.54, 1.807) is 7.11 Å². The Kier molecular flexibility index (Phi) is 5.93. The van der Waals surface area contributed by atoms with Crippen LogP contribution in [0.25, 0.3) is 11.3 Å². The van der Waals surface area contributed by atoms with Gasteiger partial charge in [-0.2, -0.15) is 0 Å². The van der Waals surface area contributed by atoms with Gasteiger partial charge in [-0.1, -0.05) is 36.4 Å². The van der Waals surface area contributed by atoms with E-state index in [0.717, 1.165) is 42.0 Å². The number of hydrogen-bond donors (Lipinski definition) is 1. The average molecular weight is 402 g/mol. The largest absolute Gasteiger partial charge is 0.495 e. The van der Waals surface area contributed by atoms with Gasteiger partial charge in [-0.05, 0) is 49.6 Å². The first-order chi connectivity index (χ1) is 14.6. The highest BCUT2D eigenvalue weighted by Crippen LogP contribution is 2.28. The number of carbonyl (C=O) groups is 1. The van der Waals surface area contributed by atoms with Gasteiger partial charge in [-0.25, -0.2) is 0 Å². The Labute approximate surface area is 176 Å². The molecule has 0 unspecified atom stereocenters. The van der Waals surface area contributed by atoms with E-state index < -0.39 is 0 Å². The van der Waals surface area contributed by atoms with Crippen molar-refractivity contribution in [3.63, 3.8) is 0 Å². The summed E-state index contributed by atoms with van der Waals surface area (Å²) in [5.41, 5.74) is 3.67. The van der Waals surface area contributed by atoms with Crippen LogP contribution in [0.3, 0.4) is 0 Å². The predicted octanol–water partition coefficient (Wildman–Crippen LogP) is 4.32. The predicted molar refractivity (Wildman–Crippen MR) is 119 cm³/mol. The molecule has 0 radical (unpaired) electrons. The van der Waals surface area contributed by atoms with Gasteiger partial charge in [0.25, 0.3) is 0 Å². The lowest BCUT2D eigenvalue weighted by atomic mass is 9.97. The number of hydrogen-bond acceptors (Lipinski definition) is 5. The summed E-state index contributed by atoms with van der Waals surface area (Å²) in [6, 6.07) is 19.7. The number of nitrogens with zero attached hydrogens (tertiary/aromatic N) is 3. The monoisotopic (exact) mass is 402 g/mol. The van der Waals surface area contributed by atoms with Gasteiger partial charge in [0.1, 0.15) is 5.75 Å². The van der Waals surface area contributed by atoms with Gasteiger partial charge in [0.05, 0.1) is 24.4 Å². The number of rotatable bonds is 5. The van der Waals surface area contributed by atoms with Crippen molar-refractivity contribution >= 4 is 17.4 Å². The molecule has 6 heteroatoms. The molecule has 3 aromatic rings. The minimum atomic E-state index is -0.112. The topological polar surface area (TPSA) is 67.3 Å². The van der Waals surface area contributed by atoms with Crippen LogP contribution in [0.5, 0.6) is 5.75 Å². The van der Waals surface area contributed by atoms with E-state index in [1.165, 1.54) is 0 Å². The SMILES string of the molecule is COc1ccc(C)cc1NC(=O)[C@H]1CCCN(c2ccc(-c3ccccc3)nn2)C1. The maximum atomic E-state index is 12.9. The van der Waals surface area contributed by atoms with Crippen molar-refractivity contribution < 1.29 is 9.53 Å². The zero-order chi connectivity index (χ0) is 20.9. The Morgan fingerprint density at radius 3 is 2.67 bits per heavy atom. The lowest BCUT2D eigenvalue weighted by molar-refractivity contribution is -0.120. The molecule has 0 saturated carbocycles. The summed E-state index contributed by atoms with van der Waals surface area (Å²) in [5, 5.41) is 11.9. The van der Waals surface area contributed by atoms with Crippen LogP contribution in [0, 0.1) is 12.8 Å². The smallest absolute Gasteiger partial charge is 0.229 e. The van der Waals surface area contributed by atoms with E-state index in [-0.39, 0.29) is 11.8 Å². The Balaban J connectivity index is 1.44. The molecule has 2 aromatic carbocycles. The molecule has 0 aliphatic carbocycles. The van der Waals surface area contributed by atoms with Crippen LogP contribution in [0.2, 0.25) is 0 Å². The van der Waals surface area contributed by atoms with Gasteiger partial charge in [-0.15, -0.1) is 10.2 Å². The van der Waals surface area contributed by atoms with Crippen molar-refractivity contribution in [1.29, 1.82) is 0 Å². The van der Waals surface area contributed by atoms with E-state index in [9.17, 15) is 4.79 Å². The summed E-state index contributed by atoms with van der Waals surface area (Å²) >= 11 is 0. The number of carbonyl (C=O) groups excluding carboxylic acids is 1. The first kappa shape index (κ1) is 19.9. The highest BCUT2D eigenvalue weighted by atomic mass is 16.5. The van der Waals surface area contributed by atoms with Crippen molar-refractivity contribution in [2.45, 2.75) is 19.8 Å². The molecule has 1 atom stereocenters. The van der Waals surface area contributed by atoms with E-state index in [1.807, 2.05) is 67.6 Å². The van der Waals surface area contributed by atoms with Crippen molar-refractivity contribution in [1.82, 2.24) is 10.2 Å². The molecule has 1 fully saturated rings. The fourth-order valence-corrected chi connectivity index (χ4v) is 3.81. The maximum Gasteiger partial charge on any atom is 0.229 e. The van der Waals surface area contributed by atoms with E-state index in [4.69, 9.17) is 4.74 Å². The van der Waals surface area contributed by atoms with Crippen LogP contribution in [0.1, 0.15) is 18.4 Å². The van der Waals surface area contributed by atoms with Crippen molar-refractivity contribution in [3.05, 3.63) is 66.2 Å². The molecule has 4 rings (SSSR count). The highest BCUT2D eigenvalue weighted by molar-refractivity contribution is 5.94. The van der Waals surface area contributed by atoms with Crippen LogP contribution in [0.15, 0.2) is 60.7 Å². The van der Waals surface area contributed by atoms with E-state index >= 15 is 0 Å². The molecule has 2 heterocycles. The van der Waals surface area contributed by atoms with Gasteiger partial charge in [0, 0.05) is 18.7 Å². The molecule has 1 N–H and O–H groups in total. The lowest BCUT2D eigenvalue weighted by Crippen LogP contribution is -2.41. The summed E-state index contributed by atoms with van der Waals surface area (Å²) in [7, 11) is 1.61. The van der Waals surface area contributed by atoms with Crippen LogP contribution in [0.4, 0.5) is 11.5 Å². The maximum absolute atomic E-state index is 12.9. The third kappa shape index (κ3) is 4.43. The number of ether oxygens (including phenoxy) is 1. The number of anilines is 2. The second-order valence-corrected chi connectivity index (χ2v) is 7.62. The Bertz CT molecular complexity index is 1010. The zero-order valence-corrected chi connectivity index (χ0v) is 17.3. The molecule has 30 heavy (non-hydrogen) atoms. The highest BCUT2D eigenvalue weighted by Gasteiger charge is 2.27. The molecule has 6 nitrogen and oxygen atoms in total. The second kappa shape index (κ2) is 8.95. The van der Waals surface area contributed by atoms with Crippen molar-refractivity contribution in [2.75, 3.05) is 30.4 Å². The molecule has 0 bridgehead atoms. The zero-order valence-electron chi connectivity index (χ0n) is 17.3. The molecular formula is C24H26N4O2. The summed E-state index contributed by atoms with van der Waals surface area (Å²) < 4.78 is 5.38. The fourth-order valence-electron chi connectivity index (χ4n) is 3.81. The Morgan fingerprint density at radius 2 is 1.93 bits per heavy atom. The van der Waals surface area contributed by atoms with Crippen molar-refractivity contribution in [3.8, 4) is 17.0 Å². The van der Waals surface area contributed by atoms with Crippen molar-refractivity contribution in [2.24, 2.45) is 5.92 Å². The molecular weight excluding hydrogens is 376 g/mol. The Hall–Kier alpha value is -3.41. The van der Waals surface area contributed by atoms with E-state index in [0.29, 0.717) is 18.0 Å². The number of piperidine rings is 1. The molecule has 1 aliphatic heterocycles. The van der Waals surface area contributed by atoms with Crippen LogP contribution < -0.4 is 15.0 Å². The average Bonchev–Trinajstić information content (AvgIpc) is 2.80. The van der Waals surface area contributed by atoms with Gasteiger partial charge < -0.3 is 15.0 Å². The standard InChI is InChI=1S/C24H26N4O2/c1-17-10-12-22(30-2)21(15-17)25-24(29)19-9-6-14-28(16-19)23-13-11-20(26-27-23)18-7-4-3-5-8-18/h3-5,7-8,10-13,15,19H,6,9,14,16H2,1-2H3,(H,25,29)/t19-/m0/s1. The van der Waals surface area contributed by atoms with Crippen LogP contribution in [-0.2, 0) is 4.79 Å². The van der Waals surface area contributed by atoms with Crippen LogP contribution >= 0.6 is 0 Å². The number of amides is 1. The first-order valence-electron chi connectivity index (χ1n) is 10.2. The third-order valence-electron chi connectivity index (χ3n) is 5.45. The van der Waals surface area contributed by atoms with E-state index in [2.05, 4.69) is 20.4 Å². The second-order valence-electron chi connectivity index (χ2n) is 7.62. The number of nitrogens with one attached hydrogen (secondary N) is 1. The van der Waals surface area contributed by atoms with Gasteiger partial charge in [-0.3, -0.25) is 4.79 Å². The molecule has 1 saturated heterocycles. The summed E-state index contributed by atoms with van der Waals surface area (Å²) in [6.07, 6.45) is 1.79. The van der Waals surface area contributed by atoms with Crippen LogP contribution in [-0.4, -0.2) is 36.3 Å². The third-order valence-corrected chi connectivity index (χ3v) is 5.45. The summed E-state index contributed by atoms with van der Waals surface area (Å²) in [4.78, 5) is 15.1. The quantitative estimate of drug-likeness (QED) is 0.689. The van der Waals surface area contributed by atoms with Gasteiger partial charge in [0.2, 0.25) is 5.91 Å². The Morgan fingerprint density at radius 1 is 1.10 bits per heavy atom. The number of benzene rings is 2. The molecule has 1 amide bonds. The van der Waals surface area contributed by atoms with Gasteiger partial charge >= 0.3 is 0 Å².